The van der Waals surface area contributed by atoms with Crippen LogP contribution < -0.4 is 5.32 Å². The van der Waals surface area contributed by atoms with Crippen molar-refractivity contribution in [2.24, 2.45) is 0 Å². The second kappa shape index (κ2) is 4.39. The number of carbonyl (C=O) groups is 1. The molecule has 2 N–H and O–H groups in total. The lowest BCUT2D eigenvalue weighted by atomic mass is 10.1. The quantitative estimate of drug-likeness (QED) is 0.812. The Labute approximate surface area is 85.5 Å². The minimum absolute atomic E-state index is 0.0796. The first-order valence-corrected chi connectivity index (χ1v) is 4.29. The van der Waals surface area contributed by atoms with Crippen LogP contribution in [-0.2, 0) is 4.79 Å². The van der Waals surface area contributed by atoms with E-state index in [1.165, 1.54) is 19.2 Å². The molecule has 0 aliphatic carbocycles. The second-order valence-corrected chi connectivity index (χ2v) is 3.14. The first-order chi connectivity index (χ1) is 6.56. The summed E-state index contributed by atoms with van der Waals surface area (Å²) in [6, 6.07) is 2.96. The number of nitrogens with one attached hydrogen (secondary N) is 1. The summed E-state index contributed by atoms with van der Waals surface area (Å²) in [5, 5.41) is 11.3. The summed E-state index contributed by atoms with van der Waals surface area (Å²) in [5.74, 6) is -1.59. The van der Waals surface area contributed by atoms with Gasteiger partial charge in [-0.2, -0.15) is 0 Å². The molecule has 1 aromatic carbocycles. The van der Waals surface area contributed by atoms with E-state index in [0.29, 0.717) is 5.56 Å². The Morgan fingerprint density at radius 1 is 1.64 bits per heavy atom. The minimum Gasteiger partial charge on any atom is -0.480 e. The zero-order valence-electron chi connectivity index (χ0n) is 7.42. The van der Waals surface area contributed by atoms with Crippen molar-refractivity contribution in [2.45, 2.75) is 6.04 Å². The van der Waals surface area contributed by atoms with Crippen molar-refractivity contribution in [3.05, 3.63) is 34.6 Å². The van der Waals surface area contributed by atoms with E-state index >= 15 is 0 Å². The van der Waals surface area contributed by atoms with Crippen molar-refractivity contribution in [1.82, 2.24) is 5.32 Å². The largest absolute Gasteiger partial charge is 0.480 e. The zero-order valence-corrected chi connectivity index (χ0v) is 8.18. The molecule has 0 saturated heterocycles. The van der Waals surface area contributed by atoms with Crippen molar-refractivity contribution in [2.75, 3.05) is 7.05 Å². The van der Waals surface area contributed by atoms with E-state index in [1.54, 1.807) is 0 Å². The Morgan fingerprint density at radius 3 is 2.71 bits per heavy atom. The highest BCUT2D eigenvalue weighted by Crippen LogP contribution is 2.20. The lowest BCUT2D eigenvalue weighted by molar-refractivity contribution is -0.139. The molecular weight excluding hydrogens is 209 g/mol. The van der Waals surface area contributed by atoms with Crippen LogP contribution >= 0.6 is 11.6 Å². The van der Waals surface area contributed by atoms with Gasteiger partial charge in [-0.15, -0.1) is 0 Å². The number of carboxylic acids is 1. The van der Waals surface area contributed by atoms with E-state index in [1.807, 2.05) is 0 Å². The van der Waals surface area contributed by atoms with Gasteiger partial charge in [0.1, 0.15) is 11.9 Å². The van der Waals surface area contributed by atoms with Crippen molar-refractivity contribution in [1.29, 1.82) is 0 Å². The fourth-order valence-corrected chi connectivity index (χ4v) is 1.31. The van der Waals surface area contributed by atoms with Crippen molar-refractivity contribution >= 4 is 17.6 Å². The molecular formula is C9H9ClFNO2. The predicted octanol–water partition coefficient (Wildman–Crippen LogP) is 1.82. The molecule has 0 saturated carbocycles. The van der Waals surface area contributed by atoms with Crippen LogP contribution in [0, 0.1) is 5.82 Å². The van der Waals surface area contributed by atoms with Gasteiger partial charge in [0.2, 0.25) is 0 Å². The van der Waals surface area contributed by atoms with Crippen LogP contribution in [0.5, 0.6) is 0 Å². The summed E-state index contributed by atoms with van der Waals surface area (Å²) in [4.78, 5) is 10.7. The van der Waals surface area contributed by atoms with Crippen LogP contribution in [0.4, 0.5) is 4.39 Å². The fourth-order valence-electron chi connectivity index (χ4n) is 1.12. The zero-order chi connectivity index (χ0) is 10.7. The lowest BCUT2D eigenvalue weighted by Crippen LogP contribution is -2.24. The topological polar surface area (TPSA) is 49.3 Å². The lowest BCUT2D eigenvalue weighted by Gasteiger charge is -2.11. The summed E-state index contributed by atoms with van der Waals surface area (Å²) in [6.07, 6.45) is 0. The van der Waals surface area contributed by atoms with Gasteiger partial charge in [0.25, 0.3) is 0 Å². The first-order valence-electron chi connectivity index (χ1n) is 3.91. The highest BCUT2D eigenvalue weighted by atomic mass is 35.5. The molecule has 1 aromatic rings. The van der Waals surface area contributed by atoms with Gasteiger partial charge >= 0.3 is 5.97 Å². The van der Waals surface area contributed by atoms with E-state index in [2.05, 4.69) is 5.32 Å². The molecule has 5 heteroatoms. The van der Waals surface area contributed by atoms with E-state index < -0.39 is 17.8 Å². The Hall–Kier alpha value is -1.13. The maximum Gasteiger partial charge on any atom is 0.325 e. The molecule has 0 aromatic heterocycles. The van der Waals surface area contributed by atoms with Crippen LogP contribution in [0.1, 0.15) is 11.6 Å². The van der Waals surface area contributed by atoms with Crippen molar-refractivity contribution in [3.8, 4) is 0 Å². The highest BCUT2D eigenvalue weighted by Gasteiger charge is 2.18. The number of carboxylic acid groups (broad SMARTS) is 1. The van der Waals surface area contributed by atoms with Gasteiger partial charge in [-0.3, -0.25) is 4.79 Å². The predicted molar refractivity (Wildman–Crippen MR) is 50.8 cm³/mol. The van der Waals surface area contributed by atoms with Gasteiger partial charge in [0, 0.05) is 0 Å². The van der Waals surface area contributed by atoms with Crippen molar-refractivity contribution < 1.29 is 14.3 Å². The fraction of sp³-hybridized carbons (Fsp3) is 0.222. The molecule has 1 unspecified atom stereocenters. The van der Waals surface area contributed by atoms with E-state index in [-0.39, 0.29) is 5.02 Å². The Morgan fingerprint density at radius 2 is 2.29 bits per heavy atom. The monoisotopic (exact) mass is 217 g/mol. The SMILES string of the molecule is CNC(C(=O)O)c1ccc(F)c(Cl)c1. The summed E-state index contributed by atoms with van der Waals surface area (Å²) in [5.41, 5.74) is 0.423. The molecule has 3 nitrogen and oxygen atoms in total. The number of rotatable bonds is 3. The Balaban J connectivity index is 3.06. The maximum atomic E-state index is 12.8. The van der Waals surface area contributed by atoms with Gasteiger partial charge in [-0.05, 0) is 24.7 Å². The number of likely N-dealkylation sites (N-methyl/N-ethyl adjacent to an activating group) is 1. The molecule has 1 rings (SSSR count). The average Bonchev–Trinajstić information content (AvgIpc) is 2.11. The third kappa shape index (κ3) is 2.21. The molecule has 0 aliphatic rings. The highest BCUT2D eigenvalue weighted by molar-refractivity contribution is 6.30. The Bertz CT molecular complexity index is 357. The van der Waals surface area contributed by atoms with Crippen molar-refractivity contribution in [3.63, 3.8) is 0 Å². The third-order valence-corrected chi connectivity index (χ3v) is 2.10. The summed E-state index contributed by atoms with van der Waals surface area (Å²) in [7, 11) is 1.51. The molecule has 0 amide bonds. The molecule has 76 valence electrons. The summed E-state index contributed by atoms with van der Waals surface area (Å²) in [6.45, 7) is 0. The maximum absolute atomic E-state index is 12.8. The molecule has 0 aliphatic heterocycles. The minimum atomic E-state index is -1.03. The average molecular weight is 218 g/mol. The summed E-state index contributed by atoms with van der Waals surface area (Å²) >= 11 is 5.52. The number of benzene rings is 1. The number of aliphatic carboxylic acids is 1. The van der Waals surface area contributed by atoms with Crippen LogP contribution in [0.15, 0.2) is 18.2 Å². The van der Waals surface area contributed by atoms with Gasteiger partial charge in [-0.1, -0.05) is 17.7 Å². The number of hydrogen-bond donors (Lipinski definition) is 2. The summed E-state index contributed by atoms with van der Waals surface area (Å²) < 4.78 is 12.8. The second-order valence-electron chi connectivity index (χ2n) is 2.73. The Kier molecular flexibility index (Phi) is 3.43. The van der Waals surface area contributed by atoms with E-state index in [9.17, 15) is 9.18 Å². The van der Waals surface area contributed by atoms with Gasteiger partial charge in [0.05, 0.1) is 5.02 Å². The van der Waals surface area contributed by atoms with Gasteiger partial charge < -0.3 is 10.4 Å². The van der Waals surface area contributed by atoms with E-state index in [4.69, 9.17) is 16.7 Å². The smallest absolute Gasteiger partial charge is 0.325 e. The van der Waals surface area contributed by atoms with Gasteiger partial charge in [0.15, 0.2) is 0 Å². The third-order valence-electron chi connectivity index (χ3n) is 1.81. The first kappa shape index (κ1) is 10.9. The van der Waals surface area contributed by atoms with E-state index in [0.717, 1.165) is 6.07 Å². The van der Waals surface area contributed by atoms with Crippen LogP contribution in [0.2, 0.25) is 5.02 Å². The number of hydrogen-bond acceptors (Lipinski definition) is 2. The normalized spacial score (nSPS) is 12.5. The van der Waals surface area contributed by atoms with Crippen LogP contribution in [0.25, 0.3) is 0 Å². The molecule has 0 radical (unpaired) electrons. The molecule has 1 atom stereocenters. The molecule has 0 bridgehead atoms. The molecule has 0 heterocycles. The molecule has 0 spiro atoms. The van der Waals surface area contributed by atoms with Crippen LogP contribution in [-0.4, -0.2) is 18.1 Å². The number of halogens is 2. The molecule has 14 heavy (non-hydrogen) atoms. The van der Waals surface area contributed by atoms with Gasteiger partial charge in [-0.25, -0.2) is 4.39 Å². The molecule has 0 fully saturated rings. The van der Waals surface area contributed by atoms with Crippen LogP contribution in [0.3, 0.4) is 0 Å². The standard InChI is InChI=1S/C9H9ClFNO2/c1-12-8(9(13)14)5-2-3-7(11)6(10)4-5/h2-4,8,12H,1H3,(H,13,14).